The molecule has 0 radical (unpaired) electrons. The van der Waals surface area contributed by atoms with Gasteiger partial charge in [-0.05, 0) is 43.3 Å². The molecule has 1 amide bonds. The van der Waals surface area contributed by atoms with Crippen molar-refractivity contribution in [3.05, 3.63) is 53.6 Å². The Hall–Kier alpha value is -2.91. The number of phenols is 1. The molecule has 0 saturated heterocycles. The molecule has 2 aromatic rings. The van der Waals surface area contributed by atoms with Crippen LogP contribution in [-0.2, 0) is 19.6 Å². The molecular weight excluding hydrogens is 372 g/mol. The van der Waals surface area contributed by atoms with E-state index in [1.54, 1.807) is 13.0 Å². The van der Waals surface area contributed by atoms with Gasteiger partial charge in [0.15, 0.2) is 6.61 Å². The van der Waals surface area contributed by atoms with Crippen LogP contribution in [0.25, 0.3) is 0 Å². The predicted octanol–water partition coefficient (Wildman–Crippen LogP) is 1.75. The van der Waals surface area contributed by atoms with Gasteiger partial charge in [-0.25, -0.2) is 17.5 Å². The highest BCUT2D eigenvalue weighted by atomic mass is 32.2. The maximum Gasteiger partial charge on any atom is 0.342 e. The lowest BCUT2D eigenvalue weighted by atomic mass is 10.1. The first-order valence-corrected chi connectivity index (χ1v) is 9.34. The molecule has 0 saturated carbocycles. The molecule has 0 atom stereocenters. The van der Waals surface area contributed by atoms with E-state index < -0.39 is 28.5 Å². The summed E-state index contributed by atoms with van der Waals surface area (Å²) < 4.78 is 30.0. The maximum atomic E-state index is 12.0. The van der Waals surface area contributed by atoms with Crippen molar-refractivity contribution in [3.8, 4) is 5.75 Å². The van der Waals surface area contributed by atoms with Gasteiger partial charge < -0.3 is 15.2 Å². The summed E-state index contributed by atoms with van der Waals surface area (Å²) >= 11 is 0. The Balaban J connectivity index is 1.96. The van der Waals surface area contributed by atoms with Gasteiger partial charge in [-0.2, -0.15) is 0 Å². The van der Waals surface area contributed by atoms with E-state index in [0.29, 0.717) is 5.69 Å². The van der Waals surface area contributed by atoms with Crippen molar-refractivity contribution in [1.29, 1.82) is 0 Å². The smallest absolute Gasteiger partial charge is 0.342 e. The molecule has 0 aliphatic carbocycles. The topological polar surface area (TPSA) is 113 Å². The van der Waals surface area contributed by atoms with Crippen LogP contribution in [0, 0.1) is 6.92 Å². The zero-order valence-corrected chi connectivity index (χ0v) is 15.9. The molecule has 27 heavy (non-hydrogen) atoms. The van der Waals surface area contributed by atoms with Crippen molar-refractivity contribution in [3.63, 3.8) is 0 Å². The SMILES string of the molecule is Cc1ccc(O)c(C(=O)OCC(=O)Nc2ccc(S(=O)(=O)N(C)C)cc2)c1. The molecule has 0 heterocycles. The quantitative estimate of drug-likeness (QED) is 0.724. The van der Waals surface area contributed by atoms with Gasteiger partial charge in [0.05, 0.1) is 4.90 Å². The highest BCUT2D eigenvalue weighted by Gasteiger charge is 2.17. The number of carbonyl (C=O) groups is 2. The molecule has 0 aromatic heterocycles. The normalized spacial score (nSPS) is 11.3. The first kappa shape index (κ1) is 20.4. The van der Waals surface area contributed by atoms with Crippen LogP contribution >= 0.6 is 0 Å². The Bertz CT molecular complexity index is 952. The molecule has 2 aromatic carbocycles. The number of ether oxygens (including phenoxy) is 1. The second-order valence-corrected chi connectivity index (χ2v) is 8.11. The third kappa shape index (κ3) is 5.05. The lowest BCUT2D eigenvalue weighted by Crippen LogP contribution is -2.22. The van der Waals surface area contributed by atoms with Gasteiger partial charge in [0, 0.05) is 19.8 Å². The Kier molecular flexibility index (Phi) is 6.19. The summed E-state index contributed by atoms with van der Waals surface area (Å²) in [7, 11) is -0.710. The van der Waals surface area contributed by atoms with Crippen LogP contribution in [0.15, 0.2) is 47.4 Å². The fourth-order valence-corrected chi connectivity index (χ4v) is 3.04. The number of nitrogens with zero attached hydrogens (tertiary/aromatic N) is 1. The van der Waals surface area contributed by atoms with Gasteiger partial charge in [0.2, 0.25) is 10.0 Å². The maximum absolute atomic E-state index is 12.0. The molecule has 0 fully saturated rings. The zero-order valence-electron chi connectivity index (χ0n) is 15.1. The average Bonchev–Trinajstić information content (AvgIpc) is 2.62. The van der Waals surface area contributed by atoms with Gasteiger partial charge in [-0.1, -0.05) is 11.6 Å². The summed E-state index contributed by atoms with van der Waals surface area (Å²) in [4.78, 5) is 24.0. The minimum absolute atomic E-state index is 0.0268. The summed E-state index contributed by atoms with van der Waals surface area (Å²) in [6.45, 7) is 1.20. The highest BCUT2D eigenvalue weighted by molar-refractivity contribution is 7.89. The van der Waals surface area contributed by atoms with Crippen molar-refractivity contribution in [1.82, 2.24) is 4.31 Å². The van der Waals surface area contributed by atoms with Crippen molar-refractivity contribution < 1.29 is 27.9 Å². The average molecular weight is 392 g/mol. The lowest BCUT2D eigenvalue weighted by molar-refractivity contribution is -0.119. The van der Waals surface area contributed by atoms with Crippen LogP contribution in [0.4, 0.5) is 5.69 Å². The number of carbonyl (C=O) groups excluding carboxylic acids is 2. The molecule has 8 nitrogen and oxygen atoms in total. The van der Waals surface area contributed by atoms with E-state index in [0.717, 1.165) is 9.87 Å². The molecule has 0 spiro atoms. The molecule has 0 aliphatic rings. The van der Waals surface area contributed by atoms with Crippen molar-refractivity contribution in [2.24, 2.45) is 0 Å². The number of anilines is 1. The third-order valence-electron chi connectivity index (χ3n) is 3.62. The van der Waals surface area contributed by atoms with E-state index >= 15 is 0 Å². The standard InChI is InChI=1S/C18H20N2O6S/c1-12-4-9-16(21)15(10-12)18(23)26-11-17(22)19-13-5-7-14(8-6-13)27(24,25)20(2)3/h4-10,21H,11H2,1-3H3,(H,19,22). The number of aromatic hydroxyl groups is 1. The van der Waals surface area contributed by atoms with Crippen molar-refractivity contribution in [2.75, 3.05) is 26.0 Å². The van der Waals surface area contributed by atoms with E-state index in [1.165, 1.54) is 50.5 Å². The predicted molar refractivity (Wildman–Crippen MR) is 99.1 cm³/mol. The van der Waals surface area contributed by atoms with Crippen LogP contribution in [0.3, 0.4) is 0 Å². The molecule has 9 heteroatoms. The number of aryl methyl sites for hydroxylation is 1. The number of hydrogen-bond acceptors (Lipinski definition) is 6. The largest absolute Gasteiger partial charge is 0.507 e. The second-order valence-electron chi connectivity index (χ2n) is 5.96. The first-order chi connectivity index (χ1) is 12.6. The summed E-state index contributed by atoms with van der Waals surface area (Å²) in [6, 6.07) is 10.1. The molecule has 144 valence electrons. The summed E-state index contributed by atoms with van der Waals surface area (Å²) in [5, 5.41) is 12.2. The van der Waals surface area contributed by atoms with Crippen LogP contribution in [0.5, 0.6) is 5.75 Å². The van der Waals surface area contributed by atoms with Gasteiger partial charge in [0.25, 0.3) is 5.91 Å². The zero-order chi connectivity index (χ0) is 20.2. The molecule has 0 aliphatic heterocycles. The summed E-state index contributed by atoms with van der Waals surface area (Å²) in [6.07, 6.45) is 0. The Morgan fingerprint density at radius 1 is 1.11 bits per heavy atom. The monoisotopic (exact) mass is 392 g/mol. The highest BCUT2D eigenvalue weighted by Crippen LogP contribution is 2.19. The van der Waals surface area contributed by atoms with E-state index in [9.17, 15) is 23.1 Å². The fraction of sp³-hybridized carbons (Fsp3) is 0.222. The van der Waals surface area contributed by atoms with E-state index in [1.807, 2.05) is 0 Å². The van der Waals surface area contributed by atoms with E-state index in [2.05, 4.69) is 5.32 Å². The van der Waals surface area contributed by atoms with Gasteiger partial charge in [-0.3, -0.25) is 4.79 Å². The number of hydrogen-bond donors (Lipinski definition) is 2. The van der Waals surface area contributed by atoms with Gasteiger partial charge in [-0.15, -0.1) is 0 Å². The molecular formula is C18H20N2O6S. The molecule has 2 N–H and O–H groups in total. The molecule has 0 bridgehead atoms. The number of amides is 1. The van der Waals surface area contributed by atoms with E-state index in [-0.39, 0.29) is 16.2 Å². The van der Waals surface area contributed by atoms with Crippen molar-refractivity contribution >= 4 is 27.6 Å². The number of benzene rings is 2. The first-order valence-electron chi connectivity index (χ1n) is 7.90. The lowest BCUT2D eigenvalue weighted by Gasteiger charge is -2.12. The molecule has 0 unspecified atom stereocenters. The molecule has 2 rings (SSSR count). The minimum Gasteiger partial charge on any atom is -0.507 e. The number of rotatable bonds is 6. The van der Waals surface area contributed by atoms with Gasteiger partial charge in [0.1, 0.15) is 11.3 Å². The fourth-order valence-electron chi connectivity index (χ4n) is 2.14. The van der Waals surface area contributed by atoms with Crippen LogP contribution in [0.1, 0.15) is 15.9 Å². The van der Waals surface area contributed by atoms with E-state index in [4.69, 9.17) is 4.74 Å². The summed E-state index contributed by atoms with van der Waals surface area (Å²) in [5.74, 6) is -1.65. The second kappa shape index (κ2) is 8.19. The van der Waals surface area contributed by atoms with Gasteiger partial charge >= 0.3 is 5.97 Å². The van der Waals surface area contributed by atoms with Crippen LogP contribution in [-0.4, -0.2) is 50.4 Å². The Labute approximate surface area is 157 Å². The van der Waals surface area contributed by atoms with Crippen LogP contribution in [0.2, 0.25) is 0 Å². The number of phenolic OH excluding ortho intramolecular Hbond substituents is 1. The van der Waals surface area contributed by atoms with Crippen molar-refractivity contribution in [2.45, 2.75) is 11.8 Å². The van der Waals surface area contributed by atoms with Crippen LogP contribution < -0.4 is 5.32 Å². The summed E-state index contributed by atoms with van der Waals surface area (Å²) in [5.41, 5.74) is 1.09. The number of esters is 1. The minimum atomic E-state index is -3.55. The number of nitrogens with one attached hydrogen (secondary N) is 1. The Morgan fingerprint density at radius 3 is 2.33 bits per heavy atom. The Morgan fingerprint density at radius 2 is 1.74 bits per heavy atom. The number of sulfonamides is 1. The third-order valence-corrected chi connectivity index (χ3v) is 5.45.